The summed E-state index contributed by atoms with van der Waals surface area (Å²) in [6.45, 7) is 3.94. The molecular formula is C21H21Br2N7O3. The molecule has 0 radical (unpaired) electrons. The summed E-state index contributed by atoms with van der Waals surface area (Å²) in [5.41, 5.74) is 6.79. The van der Waals surface area contributed by atoms with E-state index in [2.05, 4.69) is 52.2 Å². The van der Waals surface area contributed by atoms with Crippen molar-refractivity contribution in [1.82, 2.24) is 30.0 Å². The molecule has 172 valence electrons. The van der Waals surface area contributed by atoms with Gasteiger partial charge in [0.15, 0.2) is 11.6 Å². The molecule has 1 saturated heterocycles. The van der Waals surface area contributed by atoms with Crippen LogP contribution in [0.3, 0.4) is 0 Å². The van der Waals surface area contributed by atoms with Gasteiger partial charge in [0.1, 0.15) is 0 Å². The third-order valence-electron chi connectivity index (χ3n) is 5.02. The van der Waals surface area contributed by atoms with Gasteiger partial charge >= 0.3 is 0 Å². The van der Waals surface area contributed by atoms with Gasteiger partial charge in [-0.05, 0) is 37.3 Å². The SMILES string of the molecule is CC(NC(=O)c1cc(Br)cc(Br)c1)c1nc(N)nn1-c1ccc(C(=O)N2CCOCC2)cn1. The van der Waals surface area contributed by atoms with Gasteiger partial charge in [-0.15, -0.1) is 5.10 Å². The summed E-state index contributed by atoms with van der Waals surface area (Å²) in [7, 11) is 0. The molecule has 10 nitrogen and oxygen atoms in total. The van der Waals surface area contributed by atoms with E-state index in [0.29, 0.717) is 49.1 Å². The van der Waals surface area contributed by atoms with Crippen molar-refractivity contribution >= 4 is 49.6 Å². The predicted molar refractivity (Wildman–Crippen MR) is 128 cm³/mol. The van der Waals surface area contributed by atoms with Gasteiger partial charge in [0.25, 0.3) is 11.8 Å². The maximum Gasteiger partial charge on any atom is 0.255 e. The van der Waals surface area contributed by atoms with Crippen LogP contribution in [0.15, 0.2) is 45.5 Å². The smallest absolute Gasteiger partial charge is 0.255 e. The van der Waals surface area contributed by atoms with E-state index in [1.807, 2.05) is 6.07 Å². The summed E-state index contributed by atoms with van der Waals surface area (Å²) < 4.78 is 8.30. The Morgan fingerprint density at radius 1 is 1.12 bits per heavy atom. The molecule has 1 atom stereocenters. The number of anilines is 1. The number of nitrogens with zero attached hydrogens (tertiary/aromatic N) is 5. The highest BCUT2D eigenvalue weighted by molar-refractivity contribution is 9.11. The molecule has 0 spiro atoms. The molecule has 1 fully saturated rings. The Hall–Kier alpha value is -2.83. The normalized spacial score (nSPS) is 14.7. The molecule has 0 saturated carbocycles. The van der Waals surface area contributed by atoms with Crippen LogP contribution in [0.5, 0.6) is 0 Å². The largest absolute Gasteiger partial charge is 0.378 e. The van der Waals surface area contributed by atoms with Crippen LogP contribution in [0.2, 0.25) is 0 Å². The summed E-state index contributed by atoms with van der Waals surface area (Å²) in [6.07, 6.45) is 1.50. The third kappa shape index (κ3) is 5.40. The first-order valence-electron chi connectivity index (χ1n) is 10.1. The minimum Gasteiger partial charge on any atom is -0.378 e. The standard InChI is InChI=1S/C21H21Br2N7O3/c1-12(26-19(31)14-8-15(22)10-16(23)9-14)18-27-21(24)28-30(18)17-3-2-13(11-25-17)20(32)29-4-6-33-7-5-29/h2-3,8-12H,4-7H2,1H3,(H2,24,28)(H,26,31). The number of rotatable bonds is 5. The van der Waals surface area contributed by atoms with Crippen LogP contribution < -0.4 is 11.1 Å². The van der Waals surface area contributed by atoms with Crippen LogP contribution in [0, 0.1) is 0 Å². The van der Waals surface area contributed by atoms with E-state index in [1.54, 1.807) is 36.1 Å². The second-order valence-corrected chi connectivity index (χ2v) is 9.23. The van der Waals surface area contributed by atoms with Gasteiger partial charge in [-0.3, -0.25) is 9.59 Å². The predicted octanol–water partition coefficient (Wildman–Crippen LogP) is 2.73. The van der Waals surface area contributed by atoms with Gasteiger partial charge in [-0.2, -0.15) is 9.67 Å². The van der Waals surface area contributed by atoms with Crippen molar-refractivity contribution < 1.29 is 14.3 Å². The number of benzene rings is 1. The van der Waals surface area contributed by atoms with E-state index in [0.717, 1.165) is 8.95 Å². The van der Waals surface area contributed by atoms with E-state index in [4.69, 9.17) is 10.5 Å². The number of nitrogen functional groups attached to an aromatic ring is 1. The average Bonchev–Trinajstić information content (AvgIpc) is 3.20. The van der Waals surface area contributed by atoms with Gasteiger partial charge in [-0.25, -0.2) is 4.98 Å². The highest BCUT2D eigenvalue weighted by atomic mass is 79.9. The second kappa shape index (κ2) is 9.98. The maximum absolute atomic E-state index is 12.7. The first kappa shape index (κ1) is 23.3. The number of carbonyl (C=O) groups is 2. The molecule has 3 aromatic rings. The number of pyridine rings is 1. The molecule has 1 aromatic carbocycles. The van der Waals surface area contributed by atoms with E-state index >= 15 is 0 Å². The fourth-order valence-electron chi connectivity index (χ4n) is 3.41. The molecule has 0 bridgehead atoms. The summed E-state index contributed by atoms with van der Waals surface area (Å²) >= 11 is 6.77. The Balaban J connectivity index is 1.53. The Morgan fingerprint density at radius 3 is 2.45 bits per heavy atom. The number of amides is 2. The molecule has 1 unspecified atom stereocenters. The second-order valence-electron chi connectivity index (χ2n) is 7.40. The summed E-state index contributed by atoms with van der Waals surface area (Å²) in [4.78, 5) is 35.8. The average molecular weight is 579 g/mol. The van der Waals surface area contributed by atoms with Crippen molar-refractivity contribution in [2.24, 2.45) is 0 Å². The van der Waals surface area contributed by atoms with E-state index in [1.165, 1.54) is 10.9 Å². The number of nitrogens with two attached hydrogens (primary N) is 1. The van der Waals surface area contributed by atoms with Gasteiger partial charge in [0, 0.05) is 33.8 Å². The lowest BCUT2D eigenvalue weighted by Gasteiger charge is -2.26. The first-order chi connectivity index (χ1) is 15.8. The lowest BCUT2D eigenvalue weighted by atomic mass is 10.2. The number of carbonyl (C=O) groups excluding carboxylic acids is 2. The van der Waals surface area contributed by atoms with Crippen molar-refractivity contribution in [3.63, 3.8) is 0 Å². The van der Waals surface area contributed by atoms with Gasteiger partial charge in [0.2, 0.25) is 5.95 Å². The first-order valence-corrected chi connectivity index (χ1v) is 11.7. The minimum absolute atomic E-state index is 0.0477. The van der Waals surface area contributed by atoms with Gasteiger partial charge in [0.05, 0.1) is 24.8 Å². The number of hydrogen-bond acceptors (Lipinski definition) is 7. The molecule has 2 aromatic heterocycles. The third-order valence-corrected chi connectivity index (χ3v) is 5.93. The monoisotopic (exact) mass is 577 g/mol. The van der Waals surface area contributed by atoms with Crippen LogP contribution in [0.1, 0.15) is 39.5 Å². The molecule has 1 aliphatic rings. The molecule has 3 N–H and O–H groups in total. The van der Waals surface area contributed by atoms with Crippen molar-refractivity contribution in [2.75, 3.05) is 32.0 Å². The molecule has 1 aliphatic heterocycles. The Labute approximate surface area is 206 Å². The number of ether oxygens (including phenoxy) is 1. The summed E-state index contributed by atoms with van der Waals surface area (Å²) in [6, 6.07) is 8.12. The zero-order valence-electron chi connectivity index (χ0n) is 17.7. The molecule has 2 amide bonds. The molecule has 33 heavy (non-hydrogen) atoms. The number of hydrogen-bond donors (Lipinski definition) is 2. The van der Waals surface area contributed by atoms with Crippen LogP contribution in [-0.4, -0.2) is 62.8 Å². The zero-order valence-corrected chi connectivity index (χ0v) is 20.8. The number of morpholine rings is 1. The lowest BCUT2D eigenvalue weighted by Crippen LogP contribution is -2.40. The highest BCUT2D eigenvalue weighted by Gasteiger charge is 2.22. The van der Waals surface area contributed by atoms with Crippen molar-refractivity contribution in [3.05, 3.63) is 62.4 Å². The molecular weight excluding hydrogens is 558 g/mol. The Morgan fingerprint density at radius 2 is 1.82 bits per heavy atom. The maximum atomic E-state index is 12.7. The summed E-state index contributed by atoms with van der Waals surface area (Å²) in [5.74, 6) is 0.508. The van der Waals surface area contributed by atoms with E-state index in [9.17, 15) is 9.59 Å². The molecule has 4 rings (SSSR count). The quantitative estimate of drug-likeness (QED) is 0.476. The van der Waals surface area contributed by atoms with Crippen LogP contribution in [0.4, 0.5) is 5.95 Å². The topological polar surface area (TPSA) is 128 Å². The van der Waals surface area contributed by atoms with Gasteiger partial charge < -0.3 is 20.7 Å². The summed E-state index contributed by atoms with van der Waals surface area (Å²) in [5, 5.41) is 7.12. The number of nitrogens with one attached hydrogen (secondary N) is 1. The van der Waals surface area contributed by atoms with Crippen molar-refractivity contribution in [3.8, 4) is 5.82 Å². The molecule has 12 heteroatoms. The number of halogens is 2. The fraction of sp³-hybridized carbons (Fsp3) is 0.286. The molecule has 3 heterocycles. The zero-order chi connectivity index (χ0) is 23.5. The van der Waals surface area contributed by atoms with Gasteiger partial charge in [-0.1, -0.05) is 31.9 Å². The minimum atomic E-state index is -0.517. The lowest BCUT2D eigenvalue weighted by molar-refractivity contribution is 0.0302. The number of aromatic nitrogens is 4. The van der Waals surface area contributed by atoms with Crippen LogP contribution in [0.25, 0.3) is 5.82 Å². The van der Waals surface area contributed by atoms with Crippen molar-refractivity contribution in [2.45, 2.75) is 13.0 Å². The van der Waals surface area contributed by atoms with Crippen LogP contribution >= 0.6 is 31.9 Å². The van der Waals surface area contributed by atoms with Crippen LogP contribution in [-0.2, 0) is 4.74 Å². The fourth-order valence-corrected chi connectivity index (χ4v) is 4.70. The van der Waals surface area contributed by atoms with Crippen molar-refractivity contribution in [1.29, 1.82) is 0 Å². The Kier molecular flexibility index (Phi) is 7.05. The Bertz CT molecular complexity index is 1160. The van der Waals surface area contributed by atoms with E-state index < -0.39 is 6.04 Å². The highest BCUT2D eigenvalue weighted by Crippen LogP contribution is 2.22. The molecule has 0 aliphatic carbocycles. The van der Waals surface area contributed by atoms with E-state index in [-0.39, 0.29) is 17.8 Å².